The summed E-state index contributed by atoms with van der Waals surface area (Å²) in [4.78, 5) is 26.2. The minimum atomic E-state index is -0.302. The average molecular weight is 419 g/mol. The number of hydrogen-bond acceptors (Lipinski definition) is 5. The SMILES string of the molecule is CCN(CC)C(=O)COc1ccc(NC(=O)c2ccc3c(c2)OCCO3)cc1Cl. The number of rotatable bonds is 7. The zero-order chi connectivity index (χ0) is 20.8. The van der Waals surface area contributed by atoms with Gasteiger partial charge in [-0.05, 0) is 50.2 Å². The minimum absolute atomic E-state index is 0.0930. The molecule has 0 aromatic heterocycles. The van der Waals surface area contributed by atoms with Gasteiger partial charge in [0.25, 0.3) is 11.8 Å². The third kappa shape index (κ3) is 5.12. The zero-order valence-corrected chi connectivity index (χ0v) is 17.1. The van der Waals surface area contributed by atoms with Crippen molar-refractivity contribution in [2.24, 2.45) is 0 Å². The van der Waals surface area contributed by atoms with E-state index in [1.165, 1.54) is 0 Å². The lowest BCUT2D eigenvalue weighted by molar-refractivity contribution is -0.132. The van der Waals surface area contributed by atoms with Gasteiger partial charge in [-0.3, -0.25) is 9.59 Å². The summed E-state index contributed by atoms with van der Waals surface area (Å²) in [5.74, 6) is 1.13. The van der Waals surface area contributed by atoms with Crippen LogP contribution in [-0.2, 0) is 4.79 Å². The predicted octanol–water partition coefficient (Wildman–Crippen LogP) is 3.61. The summed E-state index contributed by atoms with van der Waals surface area (Å²) in [6, 6.07) is 9.88. The van der Waals surface area contributed by atoms with Gasteiger partial charge in [0.2, 0.25) is 0 Å². The number of benzene rings is 2. The molecule has 2 amide bonds. The van der Waals surface area contributed by atoms with Gasteiger partial charge in [-0.25, -0.2) is 0 Å². The Balaban J connectivity index is 1.63. The van der Waals surface area contributed by atoms with Crippen LogP contribution in [0.25, 0.3) is 0 Å². The van der Waals surface area contributed by atoms with Crippen molar-refractivity contribution in [3.63, 3.8) is 0 Å². The van der Waals surface area contributed by atoms with Crippen LogP contribution in [0.2, 0.25) is 5.02 Å². The van der Waals surface area contributed by atoms with Gasteiger partial charge in [0.05, 0.1) is 5.02 Å². The molecular weight excluding hydrogens is 396 g/mol. The first-order valence-corrected chi connectivity index (χ1v) is 9.80. The van der Waals surface area contributed by atoms with Crippen LogP contribution >= 0.6 is 11.6 Å². The lowest BCUT2D eigenvalue weighted by Crippen LogP contribution is -2.34. The molecule has 1 heterocycles. The molecule has 0 fully saturated rings. The van der Waals surface area contributed by atoms with E-state index in [9.17, 15) is 9.59 Å². The Morgan fingerprint density at radius 1 is 1.07 bits per heavy atom. The molecular formula is C21H23ClN2O5. The maximum absolute atomic E-state index is 12.5. The predicted molar refractivity (Wildman–Crippen MR) is 110 cm³/mol. The van der Waals surface area contributed by atoms with E-state index in [-0.39, 0.29) is 18.4 Å². The summed E-state index contributed by atoms with van der Waals surface area (Å²) >= 11 is 6.25. The van der Waals surface area contributed by atoms with E-state index in [4.69, 9.17) is 25.8 Å². The smallest absolute Gasteiger partial charge is 0.260 e. The molecule has 0 saturated heterocycles. The molecule has 1 aliphatic rings. The quantitative estimate of drug-likeness (QED) is 0.743. The number of fused-ring (bicyclic) bond motifs is 1. The fraction of sp³-hybridized carbons (Fsp3) is 0.333. The van der Waals surface area contributed by atoms with Gasteiger partial charge in [0.15, 0.2) is 18.1 Å². The first-order chi connectivity index (χ1) is 14.0. The Labute approximate surface area is 174 Å². The van der Waals surface area contributed by atoms with Crippen molar-refractivity contribution in [1.82, 2.24) is 4.90 Å². The van der Waals surface area contributed by atoms with Crippen LogP contribution in [0.5, 0.6) is 17.2 Å². The molecule has 2 aromatic carbocycles. The molecule has 0 saturated carbocycles. The highest BCUT2D eigenvalue weighted by molar-refractivity contribution is 6.32. The van der Waals surface area contributed by atoms with Gasteiger partial charge in [-0.1, -0.05) is 11.6 Å². The Morgan fingerprint density at radius 2 is 1.79 bits per heavy atom. The van der Waals surface area contributed by atoms with Crippen molar-refractivity contribution in [1.29, 1.82) is 0 Å². The van der Waals surface area contributed by atoms with E-state index in [1.807, 2.05) is 13.8 Å². The Bertz CT molecular complexity index is 899. The molecule has 0 atom stereocenters. The monoisotopic (exact) mass is 418 g/mol. The highest BCUT2D eigenvalue weighted by Crippen LogP contribution is 2.31. The number of ether oxygens (including phenoxy) is 3. The van der Waals surface area contributed by atoms with Gasteiger partial charge in [-0.2, -0.15) is 0 Å². The first kappa shape index (κ1) is 20.8. The number of anilines is 1. The molecule has 29 heavy (non-hydrogen) atoms. The van der Waals surface area contributed by atoms with Gasteiger partial charge in [0.1, 0.15) is 19.0 Å². The van der Waals surface area contributed by atoms with Crippen LogP contribution in [0.15, 0.2) is 36.4 Å². The van der Waals surface area contributed by atoms with Crippen LogP contribution in [0.3, 0.4) is 0 Å². The van der Waals surface area contributed by atoms with Crippen LogP contribution in [0, 0.1) is 0 Å². The standard InChI is InChI=1S/C21H23ClN2O5/c1-3-24(4-2)20(25)13-29-17-8-6-15(12-16(17)22)23-21(26)14-5-7-18-19(11-14)28-10-9-27-18/h5-8,11-12H,3-4,9-10,13H2,1-2H3,(H,23,26). The molecule has 8 heteroatoms. The molecule has 0 radical (unpaired) electrons. The summed E-state index contributed by atoms with van der Waals surface area (Å²) in [6.45, 7) is 5.91. The van der Waals surface area contributed by atoms with Crippen molar-refractivity contribution in [2.45, 2.75) is 13.8 Å². The lowest BCUT2D eigenvalue weighted by Gasteiger charge is -2.19. The molecule has 7 nitrogen and oxygen atoms in total. The van der Waals surface area contributed by atoms with Gasteiger partial charge >= 0.3 is 0 Å². The fourth-order valence-corrected chi connectivity index (χ4v) is 3.13. The molecule has 154 valence electrons. The van der Waals surface area contributed by atoms with E-state index in [0.717, 1.165) is 0 Å². The number of carbonyl (C=O) groups excluding carboxylic acids is 2. The third-order valence-corrected chi connectivity index (χ3v) is 4.76. The largest absolute Gasteiger partial charge is 0.486 e. The van der Waals surface area contributed by atoms with Gasteiger partial charge in [-0.15, -0.1) is 0 Å². The number of likely N-dealkylation sites (N-methyl/N-ethyl adjacent to an activating group) is 1. The number of halogens is 1. The van der Waals surface area contributed by atoms with E-state index in [0.29, 0.717) is 59.8 Å². The second kappa shape index (κ2) is 9.52. The Hall–Kier alpha value is -2.93. The second-order valence-electron chi connectivity index (χ2n) is 6.31. The van der Waals surface area contributed by atoms with E-state index >= 15 is 0 Å². The van der Waals surface area contributed by atoms with Crippen LogP contribution < -0.4 is 19.5 Å². The van der Waals surface area contributed by atoms with Crippen molar-refractivity contribution < 1.29 is 23.8 Å². The Kier molecular flexibility index (Phi) is 6.82. The number of nitrogens with zero attached hydrogens (tertiary/aromatic N) is 1. The number of amides is 2. The van der Waals surface area contributed by atoms with Crippen molar-refractivity contribution in [3.8, 4) is 17.2 Å². The topological polar surface area (TPSA) is 77.1 Å². The summed E-state index contributed by atoms with van der Waals surface area (Å²) in [5, 5.41) is 3.09. The summed E-state index contributed by atoms with van der Waals surface area (Å²) in [7, 11) is 0. The zero-order valence-electron chi connectivity index (χ0n) is 16.4. The normalized spacial score (nSPS) is 12.2. The van der Waals surface area contributed by atoms with E-state index < -0.39 is 0 Å². The second-order valence-corrected chi connectivity index (χ2v) is 6.72. The molecule has 2 aromatic rings. The lowest BCUT2D eigenvalue weighted by atomic mass is 10.1. The fourth-order valence-electron chi connectivity index (χ4n) is 2.89. The first-order valence-electron chi connectivity index (χ1n) is 9.43. The van der Waals surface area contributed by atoms with Crippen molar-refractivity contribution >= 4 is 29.1 Å². The molecule has 0 spiro atoms. The summed E-state index contributed by atoms with van der Waals surface area (Å²) in [6.07, 6.45) is 0. The summed E-state index contributed by atoms with van der Waals surface area (Å²) in [5.41, 5.74) is 0.952. The van der Waals surface area contributed by atoms with E-state index in [2.05, 4.69) is 5.32 Å². The molecule has 0 bridgehead atoms. The molecule has 1 N–H and O–H groups in total. The third-order valence-electron chi connectivity index (χ3n) is 4.46. The maximum atomic E-state index is 12.5. The molecule has 3 rings (SSSR count). The number of nitrogens with one attached hydrogen (secondary N) is 1. The highest BCUT2D eigenvalue weighted by Gasteiger charge is 2.16. The van der Waals surface area contributed by atoms with Crippen LogP contribution in [0.1, 0.15) is 24.2 Å². The highest BCUT2D eigenvalue weighted by atomic mass is 35.5. The number of hydrogen-bond donors (Lipinski definition) is 1. The van der Waals surface area contributed by atoms with Crippen molar-refractivity contribution in [2.75, 3.05) is 38.2 Å². The molecule has 0 aliphatic carbocycles. The maximum Gasteiger partial charge on any atom is 0.260 e. The van der Waals surface area contributed by atoms with Crippen molar-refractivity contribution in [3.05, 3.63) is 47.0 Å². The van der Waals surface area contributed by atoms with Crippen LogP contribution in [0.4, 0.5) is 5.69 Å². The summed E-state index contributed by atoms with van der Waals surface area (Å²) < 4.78 is 16.5. The number of carbonyl (C=O) groups is 2. The molecule has 1 aliphatic heterocycles. The van der Waals surface area contributed by atoms with Crippen LogP contribution in [-0.4, -0.2) is 49.6 Å². The average Bonchev–Trinajstić information content (AvgIpc) is 2.73. The van der Waals surface area contributed by atoms with Gasteiger partial charge in [0, 0.05) is 24.3 Å². The van der Waals surface area contributed by atoms with Gasteiger partial charge < -0.3 is 24.4 Å². The molecule has 0 unspecified atom stereocenters. The Morgan fingerprint density at radius 3 is 2.48 bits per heavy atom. The van der Waals surface area contributed by atoms with E-state index in [1.54, 1.807) is 41.3 Å². The minimum Gasteiger partial charge on any atom is -0.486 e.